The van der Waals surface area contributed by atoms with E-state index < -0.39 is 11.9 Å². The molecule has 0 heterocycles. The summed E-state index contributed by atoms with van der Waals surface area (Å²) in [6, 6.07) is 0. The summed E-state index contributed by atoms with van der Waals surface area (Å²) >= 11 is 0. The fourth-order valence-electron chi connectivity index (χ4n) is 4.54. The minimum Gasteiger partial charge on any atom is -0.478 e. The molecule has 0 saturated heterocycles. The van der Waals surface area contributed by atoms with E-state index in [1.165, 1.54) is 128 Å². The van der Waals surface area contributed by atoms with E-state index in [2.05, 4.69) is 38.2 Å². The van der Waals surface area contributed by atoms with Crippen LogP contribution in [0.1, 0.15) is 142 Å². The minimum atomic E-state index is -0.930. The molecule has 4 nitrogen and oxygen atoms in total. The summed E-state index contributed by atoms with van der Waals surface area (Å²) in [5.41, 5.74) is 0. The zero-order chi connectivity index (χ0) is 35.4. The summed E-state index contributed by atoms with van der Waals surface area (Å²) < 4.78 is 0. The number of aliphatic carboxylic acids is 2. The number of carboxylic acids is 2. The Morgan fingerprint density at radius 1 is 0.333 bits per heavy atom. The van der Waals surface area contributed by atoms with Gasteiger partial charge in [-0.05, 0) is 25.7 Å². The van der Waals surface area contributed by atoms with Crippen LogP contribution in [0.25, 0.3) is 0 Å². The molecule has 0 radical (unpaired) electrons. The van der Waals surface area contributed by atoms with E-state index in [0.717, 1.165) is 25.0 Å². The lowest BCUT2D eigenvalue weighted by Crippen LogP contribution is -1.84. The third kappa shape index (κ3) is 49.2. The summed E-state index contributed by atoms with van der Waals surface area (Å²) in [7, 11) is 0. The van der Waals surface area contributed by atoms with E-state index >= 15 is 0 Å². The van der Waals surface area contributed by atoms with Crippen LogP contribution in [0.15, 0.2) is 122 Å². The van der Waals surface area contributed by atoms with Gasteiger partial charge in [0.15, 0.2) is 0 Å². The molecule has 0 aliphatic carbocycles. The average molecular weight is 661 g/mol. The summed E-state index contributed by atoms with van der Waals surface area (Å²) in [6.07, 6.45) is 63.4. The fourth-order valence-corrected chi connectivity index (χ4v) is 4.54. The first-order chi connectivity index (χ1) is 23.5. The van der Waals surface area contributed by atoms with Gasteiger partial charge >= 0.3 is 11.9 Å². The molecule has 4 heteroatoms. The van der Waals surface area contributed by atoms with Gasteiger partial charge in [-0.3, -0.25) is 0 Å². The number of carbonyl (C=O) groups is 2. The summed E-state index contributed by atoms with van der Waals surface area (Å²) in [5, 5.41) is 16.8. The topological polar surface area (TPSA) is 74.6 Å². The SMILES string of the molecule is CCCCCCCCCCC/C=C/C=C/C=C/C=C/C=C/C(=O)O.CCCCCCCCCCC/C=C/C=C/C=C/C=C/C=C/C(=O)O. The molecule has 0 saturated carbocycles. The van der Waals surface area contributed by atoms with E-state index in [0.29, 0.717) is 0 Å². The van der Waals surface area contributed by atoms with Crippen LogP contribution >= 0.6 is 0 Å². The second-order valence-corrected chi connectivity index (χ2v) is 11.8. The molecule has 0 unspecified atom stereocenters. The van der Waals surface area contributed by atoms with Crippen molar-refractivity contribution in [3.8, 4) is 0 Å². The van der Waals surface area contributed by atoms with E-state index in [4.69, 9.17) is 10.2 Å². The molecule has 2 N–H and O–H groups in total. The van der Waals surface area contributed by atoms with Crippen molar-refractivity contribution >= 4 is 11.9 Å². The van der Waals surface area contributed by atoms with Gasteiger partial charge in [-0.25, -0.2) is 9.59 Å². The van der Waals surface area contributed by atoms with Crippen LogP contribution in [-0.2, 0) is 9.59 Å². The Bertz CT molecular complexity index is 933. The maximum atomic E-state index is 10.2. The lowest BCUT2D eigenvalue weighted by Gasteiger charge is -2.00. The van der Waals surface area contributed by atoms with Crippen molar-refractivity contribution in [3.63, 3.8) is 0 Å². The van der Waals surface area contributed by atoms with Crippen molar-refractivity contribution in [2.75, 3.05) is 0 Å². The van der Waals surface area contributed by atoms with Gasteiger partial charge < -0.3 is 10.2 Å². The van der Waals surface area contributed by atoms with Crippen molar-refractivity contribution in [3.05, 3.63) is 122 Å². The zero-order valence-electron chi connectivity index (χ0n) is 30.4. The number of allylic oxidation sites excluding steroid dienone is 18. The van der Waals surface area contributed by atoms with Crippen molar-refractivity contribution in [2.45, 2.75) is 142 Å². The van der Waals surface area contributed by atoms with Crippen molar-refractivity contribution in [1.29, 1.82) is 0 Å². The van der Waals surface area contributed by atoms with Crippen molar-refractivity contribution in [2.24, 2.45) is 0 Å². The van der Waals surface area contributed by atoms with Crippen LogP contribution in [0.4, 0.5) is 0 Å². The summed E-state index contributed by atoms with van der Waals surface area (Å²) in [5.74, 6) is -1.86. The summed E-state index contributed by atoms with van der Waals surface area (Å²) in [4.78, 5) is 20.4. The first-order valence-electron chi connectivity index (χ1n) is 18.7. The van der Waals surface area contributed by atoms with Crippen LogP contribution in [0.3, 0.4) is 0 Å². The van der Waals surface area contributed by atoms with Gasteiger partial charge in [0.2, 0.25) is 0 Å². The molecular weight excluding hydrogens is 592 g/mol. The van der Waals surface area contributed by atoms with Gasteiger partial charge in [-0.1, -0.05) is 226 Å². The molecule has 0 spiro atoms. The molecule has 0 aliphatic rings. The van der Waals surface area contributed by atoms with Gasteiger partial charge in [0.05, 0.1) is 0 Å². The Labute approximate surface area is 294 Å². The standard InChI is InChI=1S/2C22H34O2/c2*1-2-3-4-5-6-7-8-9-10-11-12-13-14-15-16-17-18-19-20-21-22(23)24/h2*12-21H,2-11H2,1H3,(H,23,24)/b2*13-12+,15-14+,17-16+,19-18+,21-20+. The number of rotatable bonds is 30. The average Bonchev–Trinajstić information content (AvgIpc) is 3.07. The molecule has 0 amide bonds. The molecule has 268 valence electrons. The van der Waals surface area contributed by atoms with E-state index in [1.807, 2.05) is 48.6 Å². The molecule has 0 aromatic heterocycles. The molecule has 0 aromatic carbocycles. The first-order valence-corrected chi connectivity index (χ1v) is 18.7. The lowest BCUT2D eigenvalue weighted by atomic mass is 10.1. The quantitative estimate of drug-likeness (QED) is 0.0457. The van der Waals surface area contributed by atoms with Crippen LogP contribution in [0, 0.1) is 0 Å². The van der Waals surface area contributed by atoms with Crippen LogP contribution in [-0.4, -0.2) is 22.2 Å². The Morgan fingerprint density at radius 3 is 0.833 bits per heavy atom. The molecule has 0 aromatic rings. The zero-order valence-corrected chi connectivity index (χ0v) is 30.4. The molecule has 0 fully saturated rings. The molecule has 0 aliphatic heterocycles. The maximum absolute atomic E-state index is 10.2. The smallest absolute Gasteiger partial charge is 0.328 e. The molecule has 0 atom stereocenters. The number of hydrogen-bond acceptors (Lipinski definition) is 2. The van der Waals surface area contributed by atoms with Crippen LogP contribution in [0.2, 0.25) is 0 Å². The van der Waals surface area contributed by atoms with Crippen LogP contribution < -0.4 is 0 Å². The minimum absolute atomic E-state index is 0.930. The molecule has 48 heavy (non-hydrogen) atoms. The maximum Gasteiger partial charge on any atom is 0.328 e. The number of unbranched alkanes of at least 4 members (excludes halogenated alkanes) is 18. The summed E-state index contributed by atoms with van der Waals surface area (Å²) in [6.45, 7) is 4.53. The highest BCUT2D eigenvalue weighted by atomic mass is 16.4. The molecular formula is C44H68O4. The van der Waals surface area contributed by atoms with Gasteiger partial charge in [-0.15, -0.1) is 0 Å². The third-order valence-corrected chi connectivity index (χ3v) is 7.25. The third-order valence-electron chi connectivity index (χ3n) is 7.25. The number of hydrogen-bond donors (Lipinski definition) is 2. The Kier molecular flexibility index (Phi) is 41.9. The second-order valence-electron chi connectivity index (χ2n) is 11.8. The molecule has 0 rings (SSSR count). The van der Waals surface area contributed by atoms with Crippen LogP contribution in [0.5, 0.6) is 0 Å². The predicted molar refractivity (Wildman–Crippen MR) is 210 cm³/mol. The van der Waals surface area contributed by atoms with Crippen molar-refractivity contribution in [1.82, 2.24) is 0 Å². The van der Waals surface area contributed by atoms with Gasteiger partial charge in [0.1, 0.15) is 0 Å². The van der Waals surface area contributed by atoms with E-state index in [9.17, 15) is 9.59 Å². The highest BCUT2D eigenvalue weighted by Gasteiger charge is 1.92. The Morgan fingerprint density at radius 2 is 0.562 bits per heavy atom. The molecule has 0 bridgehead atoms. The monoisotopic (exact) mass is 661 g/mol. The Balaban J connectivity index is 0. The van der Waals surface area contributed by atoms with E-state index in [1.54, 1.807) is 24.3 Å². The highest BCUT2D eigenvalue weighted by Crippen LogP contribution is 2.11. The second kappa shape index (κ2) is 43.3. The van der Waals surface area contributed by atoms with Crippen molar-refractivity contribution < 1.29 is 19.8 Å². The lowest BCUT2D eigenvalue weighted by molar-refractivity contribution is -0.132. The largest absolute Gasteiger partial charge is 0.478 e. The fraction of sp³-hybridized carbons (Fsp3) is 0.500. The van der Waals surface area contributed by atoms with Gasteiger partial charge in [0, 0.05) is 12.2 Å². The van der Waals surface area contributed by atoms with Gasteiger partial charge in [0.25, 0.3) is 0 Å². The first kappa shape index (κ1) is 46.5. The predicted octanol–water partition coefficient (Wildman–Crippen LogP) is 13.5. The number of carboxylic acid groups (broad SMARTS) is 2. The normalized spacial score (nSPS) is 12.7. The van der Waals surface area contributed by atoms with Gasteiger partial charge in [-0.2, -0.15) is 0 Å². The van der Waals surface area contributed by atoms with E-state index in [-0.39, 0.29) is 0 Å². The highest BCUT2D eigenvalue weighted by molar-refractivity contribution is 5.80. The Hall–Kier alpha value is -3.66.